The fourth-order valence-corrected chi connectivity index (χ4v) is 3.96. The van der Waals surface area contributed by atoms with Crippen LogP contribution in [0, 0.1) is 19.7 Å². The maximum absolute atomic E-state index is 14.0. The molecule has 0 aromatic heterocycles. The normalized spacial score (nSPS) is 17.6. The predicted molar refractivity (Wildman–Crippen MR) is 120 cm³/mol. The van der Waals surface area contributed by atoms with Crippen LogP contribution in [0.15, 0.2) is 72.3 Å². The molecule has 1 aliphatic rings. The molecule has 1 N–H and O–H groups in total. The van der Waals surface area contributed by atoms with Crippen LogP contribution in [-0.4, -0.2) is 23.9 Å². The van der Waals surface area contributed by atoms with Crippen LogP contribution in [0.1, 0.15) is 28.3 Å². The summed E-state index contributed by atoms with van der Waals surface area (Å²) in [5.41, 5.74) is 3.02. The first-order chi connectivity index (χ1) is 15.3. The lowest BCUT2D eigenvalue weighted by molar-refractivity contribution is -0.132. The fraction of sp³-hybridized carbons (Fsp3) is 0.154. The highest BCUT2D eigenvalue weighted by Crippen LogP contribution is 2.44. The Balaban J connectivity index is 2.00. The molecule has 1 saturated heterocycles. The second-order valence-electron chi connectivity index (χ2n) is 7.69. The Labute approximate surface area is 185 Å². The van der Waals surface area contributed by atoms with Crippen molar-refractivity contribution in [2.75, 3.05) is 12.0 Å². The van der Waals surface area contributed by atoms with E-state index in [1.807, 2.05) is 19.9 Å². The molecule has 1 amide bonds. The lowest BCUT2D eigenvalue weighted by Gasteiger charge is -2.26. The van der Waals surface area contributed by atoms with Gasteiger partial charge in [0.2, 0.25) is 0 Å². The third kappa shape index (κ3) is 3.54. The van der Waals surface area contributed by atoms with E-state index in [1.54, 1.807) is 42.5 Å². The summed E-state index contributed by atoms with van der Waals surface area (Å²) >= 11 is 0. The smallest absolute Gasteiger partial charge is 0.300 e. The summed E-state index contributed by atoms with van der Waals surface area (Å²) < 4.78 is 19.5. The SMILES string of the molecule is COc1ccccc1C1/C(=C(\O)c2ccc(C)c(C)c2)C(=O)C(=O)N1c1cccc(F)c1. The Morgan fingerprint density at radius 1 is 0.969 bits per heavy atom. The summed E-state index contributed by atoms with van der Waals surface area (Å²) in [6, 6.07) is 16.7. The van der Waals surface area contributed by atoms with E-state index >= 15 is 0 Å². The minimum Gasteiger partial charge on any atom is -0.507 e. The Morgan fingerprint density at radius 3 is 2.41 bits per heavy atom. The Bertz CT molecular complexity index is 1260. The fourth-order valence-electron chi connectivity index (χ4n) is 3.96. The van der Waals surface area contributed by atoms with Crippen LogP contribution in [0.4, 0.5) is 10.1 Å². The van der Waals surface area contributed by atoms with Crippen molar-refractivity contribution < 1.29 is 23.8 Å². The van der Waals surface area contributed by atoms with Crippen LogP contribution >= 0.6 is 0 Å². The highest BCUT2D eigenvalue weighted by Gasteiger charge is 2.48. The number of para-hydroxylation sites is 1. The molecule has 0 bridgehead atoms. The van der Waals surface area contributed by atoms with Crippen molar-refractivity contribution in [2.45, 2.75) is 19.9 Å². The Hall–Kier alpha value is -3.93. The molecule has 4 rings (SSSR count). The zero-order valence-corrected chi connectivity index (χ0v) is 17.9. The third-order valence-corrected chi connectivity index (χ3v) is 5.74. The number of rotatable bonds is 4. The van der Waals surface area contributed by atoms with Crippen molar-refractivity contribution in [3.05, 3.63) is 100 Å². The number of benzene rings is 3. The highest BCUT2D eigenvalue weighted by molar-refractivity contribution is 6.51. The molecular weight excluding hydrogens is 409 g/mol. The van der Waals surface area contributed by atoms with Crippen molar-refractivity contribution >= 4 is 23.1 Å². The Kier molecular flexibility index (Phi) is 5.53. The highest BCUT2D eigenvalue weighted by atomic mass is 19.1. The number of ketones is 1. The molecule has 162 valence electrons. The monoisotopic (exact) mass is 431 g/mol. The molecule has 0 spiro atoms. The first-order valence-corrected chi connectivity index (χ1v) is 10.1. The van der Waals surface area contributed by atoms with E-state index in [0.29, 0.717) is 16.9 Å². The molecule has 1 aliphatic heterocycles. The van der Waals surface area contributed by atoms with Crippen LogP contribution in [-0.2, 0) is 9.59 Å². The lowest BCUT2D eigenvalue weighted by atomic mass is 9.93. The minimum atomic E-state index is -0.991. The second-order valence-corrected chi connectivity index (χ2v) is 7.69. The zero-order chi connectivity index (χ0) is 23.0. The molecular formula is C26H22FNO4. The standard InChI is InChI=1S/C26H22FNO4/c1-15-11-12-17(13-16(15)2)24(29)22-23(20-9-4-5-10-21(20)32-3)28(26(31)25(22)30)19-8-6-7-18(27)14-19/h4-14,23,29H,1-3H3/b24-22+. The molecule has 0 saturated carbocycles. The van der Waals surface area contributed by atoms with Gasteiger partial charge >= 0.3 is 0 Å². The van der Waals surface area contributed by atoms with Crippen molar-refractivity contribution in [1.82, 2.24) is 0 Å². The Morgan fingerprint density at radius 2 is 1.72 bits per heavy atom. The van der Waals surface area contributed by atoms with Gasteiger partial charge < -0.3 is 9.84 Å². The number of aliphatic hydroxyl groups excluding tert-OH is 1. The van der Waals surface area contributed by atoms with Gasteiger partial charge in [0, 0.05) is 16.8 Å². The number of aliphatic hydroxyl groups is 1. The van der Waals surface area contributed by atoms with Crippen LogP contribution in [0.5, 0.6) is 5.75 Å². The van der Waals surface area contributed by atoms with Crippen molar-refractivity contribution in [1.29, 1.82) is 0 Å². The van der Waals surface area contributed by atoms with E-state index in [9.17, 15) is 19.1 Å². The van der Waals surface area contributed by atoms with Crippen molar-refractivity contribution in [2.24, 2.45) is 0 Å². The van der Waals surface area contributed by atoms with Crippen LogP contribution < -0.4 is 9.64 Å². The molecule has 0 aliphatic carbocycles. The number of halogens is 1. The number of hydrogen-bond acceptors (Lipinski definition) is 4. The van der Waals surface area contributed by atoms with Gasteiger partial charge in [0.1, 0.15) is 17.3 Å². The molecule has 0 radical (unpaired) electrons. The molecule has 1 fully saturated rings. The van der Waals surface area contributed by atoms with Crippen LogP contribution in [0.3, 0.4) is 0 Å². The number of carbonyl (C=O) groups excluding carboxylic acids is 2. The van der Waals surface area contributed by atoms with Gasteiger partial charge in [-0.05, 0) is 55.3 Å². The molecule has 1 atom stereocenters. The van der Waals surface area contributed by atoms with Gasteiger partial charge in [0.05, 0.1) is 18.7 Å². The van der Waals surface area contributed by atoms with E-state index < -0.39 is 23.5 Å². The summed E-state index contributed by atoms with van der Waals surface area (Å²) in [4.78, 5) is 27.5. The quantitative estimate of drug-likeness (QED) is 0.356. The first kappa shape index (κ1) is 21.3. The predicted octanol–water partition coefficient (Wildman–Crippen LogP) is 5.08. The summed E-state index contributed by atoms with van der Waals surface area (Å²) in [5.74, 6) is -2.09. The van der Waals surface area contributed by atoms with Gasteiger partial charge in [0.15, 0.2) is 0 Å². The summed E-state index contributed by atoms with van der Waals surface area (Å²) in [5, 5.41) is 11.2. The number of anilines is 1. The number of ether oxygens (including phenoxy) is 1. The number of Topliss-reactive ketones (excluding diaryl/α,β-unsaturated/α-hetero) is 1. The van der Waals surface area contributed by atoms with Gasteiger partial charge in [-0.15, -0.1) is 0 Å². The topological polar surface area (TPSA) is 66.8 Å². The van der Waals surface area contributed by atoms with Gasteiger partial charge in [-0.1, -0.05) is 36.4 Å². The molecule has 3 aromatic carbocycles. The maximum Gasteiger partial charge on any atom is 0.300 e. The molecule has 3 aromatic rings. The lowest BCUT2D eigenvalue weighted by Crippen LogP contribution is -2.29. The van der Waals surface area contributed by atoms with E-state index in [4.69, 9.17) is 4.74 Å². The molecule has 5 nitrogen and oxygen atoms in total. The summed E-state index contributed by atoms with van der Waals surface area (Å²) in [7, 11) is 1.48. The first-order valence-electron chi connectivity index (χ1n) is 10.1. The molecule has 1 heterocycles. The average Bonchev–Trinajstić information content (AvgIpc) is 3.05. The van der Waals surface area contributed by atoms with E-state index in [0.717, 1.165) is 11.1 Å². The third-order valence-electron chi connectivity index (χ3n) is 5.74. The summed E-state index contributed by atoms with van der Waals surface area (Å²) in [6.45, 7) is 3.84. The zero-order valence-electron chi connectivity index (χ0n) is 17.9. The minimum absolute atomic E-state index is 0.0768. The van der Waals surface area contributed by atoms with Crippen molar-refractivity contribution in [3.63, 3.8) is 0 Å². The number of aryl methyl sites for hydroxylation is 2. The van der Waals surface area contributed by atoms with Gasteiger partial charge in [-0.3, -0.25) is 14.5 Å². The molecule has 6 heteroatoms. The van der Waals surface area contributed by atoms with Crippen LogP contribution in [0.25, 0.3) is 5.76 Å². The number of hydrogen-bond donors (Lipinski definition) is 1. The number of amides is 1. The number of nitrogens with zero attached hydrogens (tertiary/aromatic N) is 1. The number of methoxy groups -OCH3 is 1. The van der Waals surface area contributed by atoms with E-state index in [2.05, 4.69) is 0 Å². The second kappa shape index (κ2) is 8.30. The molecule has 1 unspecified atom stereocenters. The number of carbonyl (C=O) groups is 2. The summed E-state index contributed by atoms with van der Waals surface area (Å²) in [6.07, 6.45) is 0. The van der Waals surface area contributed by atoms with Gasteiger partial charge in [-0.25, -0.2) is 4.39 Å². The maximum atomic E-state index is 14.0. The van der Waals surface area contributed by atoms with E-state index in [1.165, 1.54) is 30.2 Å². The van der Waals surface area contributed by atoms with Crippen molar-refractivity contribution in [3.8, 4) is 5.75 Å². The molecule has 32 heavy (non-hydrogen) atoms. The van der Waals surface area contributed by atoms with Gasteiger partial charge in [-0.2, -0.15) is 0 Å². The average molecular weight is 431 g/mol. The van der Waals surface area contributed by atoms with E-state index in [-0.39, 0.29) is 17.0 Å². The van der Waals surface area contributed by atoms with Gasteiger partial charge in [0.25, 0.3) is 11.7 Å². The van der Waals surface area contributed by atoms with Crippen LogP contribution in [0.2, 0.25) is 0 Å². The largest absolute Gasteiger partial charge is 0.507 e.